The molecule has 2 aromatic carbocycles. The molecule has 1 N–H and O–H groups in total. The normalized spacial score (nSPS) is 14.3. The number of carbonyl (C=O) groups is 1. The molecule has 0 bridgehead atoms. The molecule has 1 aliphatic rings. The van der Waals surface area contributed by atoms with E-state index < -0.39 is 11.6 Å². The first-order valence-corrected chi connectivity index (χ1v) is 13.3. The molecular weight excluding hydrogens is 530 g/mol. The number of ketones is 1. The van der Waals surface area contributed by atoms with Crippen molar-refractivity contribution in [2.45, 2.75) is 0 Å². The van der Waals surface area contributed by atoms with Gasteiger partial charge in [-0.1, -0.05) is 30.9 Å². The summed E-state index contributed by atoms with van der Waals surface area (Å²) >= 11 is 6.79. The first-order chi connectivity index (χ1) is 18.4. The average molecular weight is 557 g/mol. The summed E-state index contributed by atoms with van der Waals surface area (Å²) in [6.45, 7) is 5.93. The second-order valence-electron chi connectivity index (χ2n) is 8.85. The van der Waals surface area contributed by atoms with Crippen LogP contribution in [0.4, 0.5) is 8.78 Å². The van der Waals surface area contributed by atoms with Crippen LogP contribution in [0.3, 0.4) is 0 Å². The zero-order valence-electron chi connectivity index (χ0n) is 20.6. The van der Waals surface area contributed by atoms with Crippen LogP contribution < -0.4 is 4.74 Å². The van der Waals surface area contributed by atoms with E-state index in [0.717, 1.165) is 17.6 Å². The van der Waals surface area contributed by atoms with Crippen molar-refractivity contribution < 1.29 is 23.4 Å². The third-order valence-corrected chi connectivity index (χ3v) is 7.17. The van der Waals surface area contributed by atoms with Gasteiger partial charge in [-0.05, 0) is 65.1 Å². The molecule has 1 aromatic heterocycles. The van der Waals surface area contributed by atoms with Gasteiger partial charge >= 0.3 is 0 Å². The van der Waals surface area contributed by atoms with E-state index in [0.29, 0.717) is 52.8 Å². The standard InChI is InChI=1S/C29H27ClF2N2O3S/c1-19(5-3-2-4-12-30)27-26(29(38-33-27)21-6-9-23(35)10-7-21)28(36)22-8-11-25(24(32)15-22)37-14-13-34-17-20(16-31)18-34/h2-11,15,20,35H,1,12-14,16-18H2/b4-2-,5-3-. The number of phenolic OH excluding ortho intramolecular Hbond substituents is 1. The van der Waals surface area contributed by atoms with E-state index in [1.807, 2.05) is 4.90 Å². The van der Waals surface area contributed by atoms with Gasteiger partial charge in [0, 0.05) is 37.0 Å². The van der Waals surface area contributed by atoms with Gasteiger partial charge in [-0.3, -0.25) is 14.1 Å². The summed E-state index contributed by atoms with van der Waals surface area (Å²) in [7, 11) is 0. The zero-order chi connectivity index (χ0) is 27.1. The zero-order valence-corrected chi connectivity index (χ0v) is 22.2. The second kappa shape index (κ2) is 13.0. The number of aromatic hydroxyl groups is 1. The molecule has 9 heteroatoms. The van der Waals surface area contributed by atoms with Crippen LogP contribution in [0.1, 0.15) is 21.6 Å². The Balaban J connectivity index is 1.57. The van der Waals surface area contributed by atoms with Gasteiger partial charge in [0.1, 0.15) is 12.4 Å². The molecule has 38 heavy (non-hydrogen) atoms. The highest BCUT2D eigenvalue weighted by atomic mass is 35.5. The van der Waals surface area contributed by atoms with Crippen molar-refractivity contribution in [3.05, 3.63) is 96.0 Å². The summed E-state index contributed by atoms with van der Waals surface area (Å²) in [6.07, 6.45) is 7.00. The van der Waals surface area contributed by atoms with Crippen LogP contribution in [-0.4, -0.2) is 59.0 Å². The minimum Gasteiger partial charge on any atom is -0.508 e. The molecule has 0 saturated carbocycles. The Morgan fingerprint density at radius 3 is 2.68 bits per heavy atom. The minimum atomic E-state index is -0.651. The Morgan fingerprint density at radius 1 is 1.24 bits per heavy atom. The van der Waals surface area contributed by atoms with Crippen molar-refractivity contribution in [3.63, 3.8) is 0 Å². The maximum absolute atomic E-state index is 14.9. The summed E-state index contributed by atoms with van der Waals surface area (Å²) in [5, 5.41) is 9.69. The highest BCUT2D eigenvalue weighted by molar-refractivity contribution is 7.10. The van der Waals surface area contributed by atoms with Crippen molar-refractivity contribution in [2.24, 2.45) is 5.92 Å². The summed E-state index contributed by atoms with van der Waals surface area (Å²) in [4.78, 5) is 16.3. The molecule has 1 fully saturated rings. The lowest BCUT2D eigenvalue weighted by atomic mass is 9.96. The van der Waals surface area contributed by atoms with Gasteiger partial charge in [0.15, 0.2) is 17.3 Å². The summed E-state index contributed by atoms with van der Waals surface area (Å²) < 4.78 is 37.6. The monoisotopic (exact) mass is 556 g/mol. The van der Waals surface area contributed by atoms with Crippen LogP contribution in [0.25, 0.3) is 16.0 Å². The minimum absolute atomic E-state index is 0.0463. The van der Waals surface area contributed by atoms with Gasteiger partial charge in [-0.25, -0.2) is 4.39 Å². The highest BCUT2D eigenvalue weighted by Gasteiger charge is 2.27. The summed E-state index contributed by atoms with van der Waals surface area (Å²) in [6, 6.07) is 10.6. The van der Waals surface area contributed by atoms with Crippen LogP contribution >= 0.6 is 23.1 Å². The predicted molar refractivity (Wildman–Crippen MR) is 148 cm³/mol. The number of halogens is 3. The molecule has 1 aliphatic heterocycles. The van der Waals surface area contributed by atoms with Crippen molar-refractivity contribution in [2.75, 3.05) is 38.8 Å². The fourth-order valence-corrected chi connectivity index (χ4v) is 5.07. The molecule has 4 rings (SSSR count). The smallest absolute Gasteiger partial charge is 0.196 e. The Morgan fingerprint density at radius 2 is 2.00 bits per heavy atom. The van der Waals surface area contributed by atoms with Gasteiger partial charge in [0.2, 0.25) is 0 Å². The summed E-state index contributed by atoms with van der Waals surface area (Å²) in [5.74, 6) is -0.476. The number of hydrogen-bond acceptors (Lipinski definition) is 6. The van der Waals surface area contributed by atoms with Gasteiger partial charge in [-0.2, -0.15) is 4.37 Å². The van der Waals surface area contributed by atoms with Crippen molar-refractivity contribution in [1.82, 2.24) is 9.27 Å². The number of phenols is 1. The van der Waals surface area contributed by atoms with E-state index in [4.69, 9.17) is 16.3 Å². The molecule has 3 aromatic rings. The average Bonchev–Trinajstić information content (AvgIpc) is 3.34. The van der Waals surface area contributed by atoms with Crippen LogP contribution in [0.15, 0.2) is 73.3 Å². The molecule has 0 unspecified atom stereocenters. The molecule has 0 atom stereocenters. The van der Waals surface area contributed by atoms with E-state index in [2.05, 4.69) is 11.0 Å². The number of ether oxygens (including phenoxy) is 1. The fourth-order valence-electron chi connectivity index (χ4n) is 4.06. The molecule has 0 spiro atoms. The Hall–Kier alpha value is -3.33. The molecule has 2 heterocycles. The van der Waals surface area contributed by atoms with E-state index in [9.17, 15) is 18.7 Å². The van der Waals surface area contributed by atoms with Crippen molar-refractivity contribution in [1.29, 1.82) is 0 Å². The van der Waals surface area contributed by atoms with Gasteiger partial charge in [0.05, 0.1) is 22.8 Å². The molecular formula is C29H27ClF2N2O3S. The van der Waals surface area contributed by atoms with Gasteiger partial charge in [0.25, 0.3) is 0 Å². The summed E-state index contributed by atoms with van der Waals surface area (Å²) in [5.41, 5.74) is 2.03. The Bertz CT molecular complexity index is 1350. The topological polar surface area (TPSA) is 62.7 Å². The molecule has 0 amide bonds. The number of benzene rings is 2. The van der Waals surface area contributed by atoms with Crippen LogP contribution in [0.5, 0.6) is 11.5 Å². The molecule has 198 valence electrons. The largest absolute Gasteiger partial charge is 0.508 e. The molecule has 0 radical (unpaired) electrons. The third kappa shape index (κ3) is 6.56. The predicted octanol–water partition coefficient (Wildman–Crippen LogP) is 6.53. The number of alkyl halides is 2. The first kappa shape index (κ1) is 27.7. The van der Waals surface area contributed by atoms with E-state index in [1.165, 1.54) is 24.3 Å². The third-order valence-electron chi connectivity index (χ3n) is 6.10. The molecule has 5 nitrogen and oxygen atoms in total. The van der Waals surface area contributed by atoms with E-state index in [-0.39, 0.29) is 36.3 Å². The number of carbonyl (C=O) groups excluding carboxylic acids is 1. The highest BCUT2D eigenvalue weighted by Crippen LogP contribution is 2.36. The number of nitrogens with zero attached hydrogens (tertiary/aromatic N) is 2. The van der Waals surface area contributed by atoms with Gasteiger partial charge in [-0.15, -0.1) is 11.6 Å². The number of hydrogen-bond donors (Lipinski definition) is 1. The lowest BCUT2D eigenvalue weighted by Crippen LogP contribution is -2.49. The first-order valence-electron chi connectivity index (χ1n) is 12.0. The van der Waals surface area contributed by atoms with Crippen LogP contribution in [0.2, 0.25) is 0 Å². The fraction of sp³-hybridized carbons (Fsp3) is 0.241. The quantitative estimate of drug-likeness (QED) is 0.156. The number of likely N-dealkylation sites (tertiary alicyclic amines) is 1. The molecule has 0 aliphatic carbocycles. The maximum atomic E-state index is 14.9. The number of rotatable bonds is 12. The number of aromatic nitrogens is 1. The maximum Gasteiger partial charge on any atom is 0.196 e. The number of allylic oxidation sites excluding steroid dienone is 5. The molecule has 1 saturated heterocycles. The van der Waals surface area contributed by atoms with Crippen LogP contribution in [-0.2, 0) is 0 Å². The van der Waals surface area contributed by atoms with Crippen molar-refractivity contribution in [3.8, 4) is 21.9 Å². The Kier molecular flexibility index (Phi) is 9.44. The second-order valence-corrected chi connectivity index (χ2v) is 9.93. The van der Waals surface area contributed by atoms with Crippen molar-refractivity contribution >= 4 is 34.5 Å². The van der Waals surface area contributed by atoms with E-state index >= 15 is 0 Å². The van der Waals surface area contributed by atoms with Gasteiger partial charge < -0.3 is 9.84 Å². The Labute approximate surface area is 229 Å². The lowest BCUT2D eigenvalue weighted by Gasteiger charge is -2.37. The SMILES string of the molecule is C=C(/C=C\C=C/CCl)c1nsc(-c2ccc(O)cc2)c1C(=O)c1ccc(OCCN2CC(CF)C2)c(F)c1. The van der Waals surface area contributed by atoms with Crippen LogP contribution in [0, 0.1) is 11.7 Å². The van der Waals surface area contributed by atoms with E-state index in [1.54, 1.807) is 36.4 Å². The lowest BCUT2D eigenvalue weighted by molar-refractivity contribution is 0.0662.